The highest BCUT2D eigenvalue weighted by Crippen LogP contribution is 2.15. The smallest absolute Gasteiger partial charge is 0.223 e. The van der Waals surface area contributed by atoms with Crippen LogP contribution in [0.4, 0.5) is 5.95 Å². The Morgan fingerprint density at radius 1 is 0.966 bits per heavy atom. The minimum absolute atomic E-state index is 0.0658. The van der Waals surface area contributed by atoms with Crippen LogP contribution in [0.1, 0.15) is 36.9 Å². The van der Waals surface area contributed by atoms with E-state index in [0.29, 0.717) is 18.3 Å². The summed E-state index contributed by atoms with van der Waals surface area (Å²) in [6.07, 6.45) is 9.73. The lowest BCUT2D eigenvalue weighted by Gasteiger charge is -2.15. The third-order valence-corrected chi connectivity index (χ3v) is 4.79. The molecule has 0 fully saturated rings. The molecule has 0 unspecified atom stereocenters. The molecule has 152 valence electrons. The van der Waals surface area contributed by atoms with E-state index in [2.05, 4.69) is 19.9 Å². The maximum atomic E-state index is 12.2. The fraction of sp³-hybridized carbons (Fsp3) is 0.348. The van der Waals surface area contributed by atoms with Gasteiger partial charge >= 0.3 is 0 Å². The van der Waals surface area contributed by atoms with Crippen molar-refractivity contribution in [2.75, 3.05) is 11.9 Å². The molecule has 0 aliphatic carbocycles. The van der Waals surface area contributed by atoms with Crippen LogP contribution in [0.3, 0.4) is 0 Å². The van der Waals surface area contributed by atoms with Gasteiger partial charge in [-0.2, -0.15) is 0 Å². The summed E-state index contributed by atoms with van der Waals surface area (Å²) in [7, 11) is 0. The van der Waals surface area contributed by atoms with Gasteiger partial charge in [0.15, 0.2) is 5.75 Å². The molecular weight excluding hydrogens is 364 g/mol. The van der Waals surface area contributed by atoms with Gasteiger partial charge in [-0.25, -0.2) is 9.97 Å². The van der Waals surface area contributed by atoms with Gasteiger partial charge in [0.05, 0.1) is 5.69 Å². The van der Waals surface area contributed by atoms with Crippen LogP contribution in [0.2, 0.25) is 0 Å². The van der Waals surface area contributed by atoms with E-state index in [0.717, 1.165) is 50.0 Å². The molecule has 1 N–H and O–H groups in total. The highest BCUT2D eigenvalue weighted by molar-refractivity contribution is 5.28. The zero-order chi connectivity index (χ0) is 20.3. The second kappa shape index (κ2) is 11.0. The van der Waals surface area contributed by atoms with Crippen LogP contribution in [0.25, 0.3) is 0 Å². The molecule has 3 aromatic rings. The first kappa shape index (κ1) is 20.6. The molecule has 6 heteroatoms. The van der Waals surface area contributed by atoms with Crippen molar-refractivity contribution in [2.45, 2.75) is 45.8 Å². The Balaban J connectivity index is 1.41. The van der Waals surface area contributed by atoms with Gasteiger partial charge in [0.2, 0.25) is 11.4 Å². The van der Waals surface area contributed by atoms with Crippen LogP contribution in [0.15, 0.2) is 65.8 Å². The second-order valence-electron chi connectivity index (χ2n) is 6.98. The SMILES string of the molecule is Cc1c(OCc2ccccc2)c(=O)ccn1CCCCCCNc1ncccn1. The quantitative estimate of drug-likeness (QED) is 0.495. The molecule has 0 saturated heterocycles. The Morgan fingerprint density at radius 2 is 1.72 bits per heavy atom. The predicted octanol–water partition coefficient (Wildman–Crippen LogP) is 4.20. The summed E-state index contributed by atoms with van der Waals surface area (Å²) in [6.45, 7) is 4.10. The van der Waals surface area contributed by atoms with Crippen LogP contribution >= 0.6 is 0 Å². The largest absolute Gasteiger partial charge is 0.483 e. The summed E-state index contributed by atoms with van der Waals surface area (Å²) < 4.78 is 7.95. The number of aryl methyl sites for hydroxylation is 1. The number of ether oxygens (including phenoxy) is 1. The monoisotopic (exact) mass is 392 g/mol. The molecule has 0 radical (unpaired) electrons. The van der Waals surface area contributed by atoms with Gasteiger partial charge in [-0.3, -0.25) is 4.79 Å². The van der Waals surface area contributed by atoms with Crippen molar-refractivity contribution in [1.29, 1.82) is 0 Å². The van der Waals surface area contributed by atoms with Crippen LogP contribution < -0.4 is 15.5 Å². The van der Waals surface area contributed by atoms with E-state index in [1.807, 2.05) is 49.5 Å². The zero-order valence-electron chi connectivity index (χ0n) is 16.9. The number of hydrogen-bond acceptors (Lipinski definition) is 5. The zero-order valence-corrected chi connectivity index (χ0v) is 16.9. The van der Waals surface area contributed by atoms with Gasteiger partial charge in [0.1, 0.15) is 6.61 Å². The fourth-order valence-electron chi connectivity index (χ4n) is 3.15. The molecule has 0 aliphatic rings. The van der Waals surface area contributed by atoms with Crippen LogP contribution in [-0.4, -0.2) is 21.1 Å². The average Bonchev–Trinajstić information content (AvgIpc) is 2.76. The van der Waals surface area contributed by atoms with Crippen molar-refractivity contribution in [3.05, 3.63) is 82.5 Å². The number of hydrogen-bond donors (Lipinski definition) is 1. The van der Waals surface area contributed by atoms with Crippen molar-refractivity contribution >= 4 is 5.95 Å². The number of rotatable bonds is 11. The molecule has 29 heavy (non-hydrogen) atoms. The molecule has 0 spiro atoms. The molecule has 2 aromatic heterocycles. The molecule has 2 heterocycles. The summed E-state index contributed by atoms with van der Waals surface area (Å²) in [6, 6.07) is 13.3. The number of unbranched alkanes of at least 4 members (excludes halogenated alkanes) is 3. The van der Waals surface area contributed by atoms with E-state index in [1.54, 1.807) is 18.5 Å². The first-order chi connectivity index (χ1) is 14.2. The molecule has 0 saturated carbocycles. The first-order valence-electron chi connectivity index (χ1n) is 10.1. The van der Waals surface area contributed by atoms with Crippen LogP contribution in [0, 0.1) is 6.92 Å². The van der Waals surface area contributed by atoms with Crippen molar-refractivity contribution in [2.24, 2.45) is 0 Å². The highest BCUT2D eigenvalue weighted by Gasteiger charge is 2.09. The maximum absolute atomic E-state index is 12.2. The van der Waals surface area contributed by atoms with Gasteiger partial charge in [-0.15, -0.1) is 0 Å². The van der Waals surface area contributed by atoms with Gasteiger partial charge in [-0.05, 0) is 31.4 Å². The third kappa shape index (κ3) is 6.45. The highest BCUT2D eigenvalue weighted by atomic mass is 16.5. The molecular formula is C23H28N4O2. The van der Waals surface area contributed by atoms with Crippen molar-refractivity contribution in [1.82, 2.24) is 14.5 Å². The van der Waals surface area contributed by atoms with Gasteiger partial charge < -0.3 is 14.6 Å². The fourth-order valence-corrected chi connectivity index (χ4v) is 3.15. The Labute approximate surface area is 171 Å². The number of aromatic nitrogens is 3. The second-order valence-corrected chi connectivity index (χ2v) is 6.98. The molecule has 3 rings (SSSR count). The van der Waals surface area contributed by atoms with Gasteiger partial charge in [0, 0.05) is 37.7 Å². The summed E-state index contributed by atoms with van der Waals surface area (Å²) in [5, 5.41) is 3.22. The topological polar surface area (TPSA) is 69.0 Å². The first-order valence-corrected chi connectivity index (χ1v) is 10.1. The molecule has 0 amide bonds. The molecule has 0 atom stereocenters. The molecule has 6 nitrogen and oxygen atoms in total. The minimum Gasteiger partial charge on any atom is -0.483 e. The van der Waals surface area contributed by atoms with E-state index in [9.17, 15) is 4.79 Å². The van der Waals surface area contributed by atoms with Crippen molar-refractivity contribution < 1.29 is 4.74 Å². The number of nitrogens with zero attached hydrogens (tertiary/aromatic N) is 3. The summed E-state index contributed by atoms with van der Waals surface area (Å²) in [5.41, 5.74) is 1.87. The van der Waals surface area contributed by atoms with Gasteiger partial charge in [0.25, 0.3) is 0 Å². The predicted molar refractivity (Wildman–Crippen MR) is 115 cm³/mol. The lowest BCUT2D eigenvalue weighted by Crippen LogP contribution is -2.15. The van der Waals surface area contributed by atoms with Crippen molar-refractivity contribution in [3.63, 3.8) is 0 Å². The lowest BCUT2D eigenvalue weighted by atomic mass is 10.2. The Bertz CT molecular complexity index is 927. The minimum atomic E-state index is -0.0658. The number of pyridine rings is 1. The maximum Gasteiger partial charge on any atom is 0.223 e. The Morgan fingerprint density at radius 3 is 2.52 bits per heavy atom. The lowest BCUT2D eigenvalue weighted by molar-refractivity contribution is 0.296. The third-order valence-electron chi connectivity index (χ3n) is 4.79. The molecule has 0 bridgehead atoms. The number of benzene rings is 1. The van der Waals surface area contributed by atoms with Crippen LogP contribution in [-0.2, 0) is 13.2 Å². The van der Waals surface area contributed by atoms with E-state index in [-0.39, 0.29) is 5.43 Å². The number of nitrogens with one attached hydrogen (secondary N) is 1. The van der Waals surface area contributed by atoms with E-state index < -0.39 is 0 Å². The van der Waals surface area contributed by atoms with Crippen molar-refractivity contribution in [3.8, 4) is 5.75 Å². The Kier molecular flexibility index (Phi) is 7.81. The normalized spacial score (nSPS) is 10.7. The standard InChI is InChI=1S/C23H28N4O2/c1-19-22(29-18-20-10-5-4-6-11-20)21(28)12-17-27(19)16-8-3-2-7-13-24-23-25-14-9-15-26-23/h4-6,9-12,14-15,17H,2-3,7-8,13,16,18H2,1H3,(H,24,25,26). The summed E-state index contributed by atoms with van der Waals surface area (Å²) in [5.74, 6) is 1.13. The Hall–Kier alpha value is -3.15. The van der Waals surface area contributed by atoms with E-state index in [1.165, 1.54) is 0 Å². The summed E-state index contributed by atoms with van der Waals surface area (Å²) in [4.78, 5) is 20.5. The van der Waals surface area contributed by atoms with Crippen LogP contribution in [0.5, 0.6) is 5.75 Å². The number of anilines is 1. The average molecular weight is 393 g/mol. The summed E-state index contributed by atoms with van der Waals surface area (Å²) >= 11 is 0. The molecule has 1 aromatic carbocycles. The van der Waals surface area contributed by atoms with E-state index >= 15 is 0 Å². The molecule has 0 aliphatic heterocycles. The van der Waals surface area contributed by atoms with E-state index in [4.69, 9.17) is 4.74 Å². The van der Waals surface area contributed by atoms with Gasteiger partial charge in [-0.1, -0.05) is 43.2 Å².